The molecule has 1 aromatic heterocycles. The molecule has 0 radical (unpaired) electrons. The average molecular weight is 315 g/mol. The minimum Gasteiger partial charge on any atom is -0.370 e. The number of halogens is 1. The minimum atomic E-state index is -0.158. The van der Waals surface area contributed by atoms with E-state index in [9.17, 15) is 4.39 Å². The first-order chi connectivity index (χ1) is 11.3. The van der Waals surface area contributed by atoms with E-state index in [0.717, 1.165) is 50.8 Å². The van der Waals surface area contributed by atoms with Crippen molar-refractivity contribution in [3.63, 3.8) is 0 Å². The Morgan fingerprint density at radius 2 is 1.83 bits per heavy atom. The number of piperazine rings is 1. The normalized spacial score (nSPS) is 14.9. The van der Waals surface area contributed by atoms with Gasteiger partial charge in [0.2, 0.25) is 0 Å². The number of para-hydroxylation sites is 1. The van der Waals surface area contributed by atoms with Gasteiger partial charge in [-0.15, -0.1) is 0 Å². The number of rotatable bonds is 5. The molecule has 5 nitrogen and oxygen atoms in total. The van der Waals surface area contributed by atoms with Crippen molar-refractivity contribution in [2.45, 2.75) is 13.3 Å². The Labute approximate surface area is 136 Å². The number of hydrogen-bond acceptors (Lipinski definition) is 5. The van der Waals surface area contributed by atoms with Crippen molar-refractivity contribution < 1.29 is 4.39 Å². The maximum atomic E-state index is 13.9. The van der Waals surface area contributed by atoms with Crippen LogP contribution in [0.2, 0.25) is 0 Å². The Hall–Kier alpha value is -2.37. The Morgan fingerprint density at radius 1 is 1.09 bits per heavy atom. The average Bonchev–Trinajstić information content (AvgIpc) is 2.61. The van der Waals surface area contributed by atoms with Gasteiger partial charge in [-0.1, -0.05) is 19.1 Å². The van der Waals surface area contributed by atoms with E-state index in [4.69, 9.17) is 0 Å². The van der Waals surface area contributed by atoms with Crippen LogP contribution in [0.4, 0.5) is 21.7 Å². The molecule has 0 unspecified atom stereocenters. The van der Waals surface area contributed by atoms with Crippen molar-refractivity contribution in [2.75, 3.05) is 47.8 Å². The van der Waals surface area contributed by atoms with Crippen LogP contribution in [0.25, 0.3) is 0 Å². The number of benzene rings is 1. The van der Waals surface area contributed by atoms with Gasteiger partial charge in [0.25, 0.3) is 0 Å². The second-order valence-corrected chi connectivity index (χ2v) is 5.61. The van der Waals surface area contributed by atoms with Crippen molar-refractivity contribution in [3.05, 3.63) is 42.5 Å². The van der Waals surface area contributed by atoms with Crippen molar-refractivity contribution >= 4 is 17.3 Å². The molecule has 0 spiro atoms. The molecular formula is C17H22FN5. The van der Waals surface area contributed by atoms with E-state index in [1.54, 1.807) is 12.4 Å². The van der Waals surface area contributed by atoms with Gasteiger partial charge in [0, 0.05) is 38.8 Å². The molecular weight excluding hydrogens is 293 g/mol. The molecule has 1 aromatic carbocycles. The molecule has 0 saturated carbocycles. The fourth-order valence-corrected chi connectivity index (χ4v) is 2.75. The highest BCUT2D eigenvalue weighted by atomic mass is 19.1. The van der Waals surface area contributed by atoms with Gasteiger partial charge in [0.05, 0.1) is 5.69 Å². The van der Waals surface area contributed by atoms with Crippen LogP contribution in [0.15, 0.2) is 36.7 Å². The van der Waals surface area contributed by atoms with Gasteiger partial charge >= 0.3 is 0 Å². The quantitative estimate of drug-likeness (QED) is 0.919. The van der Waals surface area contributed by atoms with Crippen LogP contribution in [0.1, 0.15) is 13.3 Å². The third-order valence-electron chi connectivity index (χ3n) is 4.01. The molecule has 2 aromatic rings. The summed E-state index contributed by atoms with van der Waals surface area (Å²) in [6.07, 6.45) is 2.65. The molecule has 0 atom stereocenters. The first-order valence-electron chi connectivity index (χ1n) is 8.08. The fourth-order valence-electron chi connectivity index (χ4n) is 2.75. The molecule has 1 saturated heterocycles. The lowest BCUT2D eigenvalue weighted by Crippen LogP contribution is -2.47. The van der Waals surface area contributed by atoms with Crippen LogP contribution in [0, 0.1) is 5.82 Å². The third kappa shape index (κ3) is 3.70. The van der Waals surface area contributed by atoms with Crippen LogP contribution >= 0.6 is 0 Å². The first kappa shape index (κ1) is 15.5. The van der Waals surface area contributed by atoms with E-state index in [1.165, 1.54) is 6.07 Å². The lowest BCUT2D eigenvalue weighted by atomic mass is 10.2. The predicted molar refractivity (Wildman–Crippen MR) is 91.6 cm³/mol. The third-order valence-corrected chi connectivity index (χ3v) is 4.01. The molecule has 0 bridgehead atoms. The van der Waals surface area contributed by atoms with Gasteiger partial charge in [-0.05, 0) is 18.6 Å². The highest BCUT2D eigenvalue weighted by Crippen LogP contribution is 2.22. The lowest BCUT2D eigenvalue weighted by Gasteiger charge is -2.36. The van der Waals surface area contributed by atoms with Crippen molar-refractivity contribution in [3.8, 4) is 0 Å². The monoisotopic (exact) mass is 315 g/mol. The lowest BCUT2D eigenvalue weighted by molar-refractivity contribution is 0.596. The number of hydrogen-bond donors (Lipinski definition) is 1. The summed E-state index contributed by atoms with van der Waals surface area (Å²) < 4.78 is 13.9. The minimum absolute atomic E-state index is 0.158. The van der Waals surface area contributed by atoms with Gasteiger partial charge in [0.1, 0.15) is 23.8 Å². The molecule has 3 rings (SSSR count). The highest BCUT2D eigenvalue weighted by molar-refractivity contribution is 5.52. The summed E-state index contributed by atoms with van der Waals surface area (Å²) in [5.74, 6) is 1.62. The van der Waals surface area contributed by atoms with E-state index >= 15 is 0 Å². The largest absolute Gasteiger partial charge is 0.370 e. The van der Waals surface area contributed by atoms with Gasteiger partial charge in [-0.2, -0.15) is 0 Å². The molecule has 6 heteroatoms. The molecule has 122 valence electrons. The molecule has 1 fully saturated rings. The van der Waals surface area contributed by atoms with Crippen LogP contribution < -0.4 is 15.1 Å². The van der Waals surface area contributed by atoms with Crippen molar-refractivity contribution in [2.24, 2.45) is 0 Å². The van der Waals surface area contributed by atoms with Gasteiger partial charge in [0.15, 0.2) is 0 Å². The van der Waals surface area contributed by atoms with Gasteiger partial charge in [-0.3, -0.25) is 0 Å². The van der Waals surface area contributed by atoms with E-state index in [-0.39, 0.29) is 5.82 Å². The second kappa shape index (κ2) is 7.26. The first-order valence-corrected chi connectivity index (χ1v) is 8.08. The topological polar surface area (TPSA) is 44.3 Å². The number of nitrogens with one attached hydrogen (secondary N) is 1. The van der Waals surface area contributed by atoms with Crippen molar-refractivity contribution in [1.82, 2.24) is 9.97 Å². The fraction of sp³-hybridized carbons (Fsp3) is 0.412. The maximum absolute atomic E-state index is 13.9. The van der Waals surface area contributed by atoms with Gasteiger partial charge < -0.3 is 15.1 Å². The number of anilines is 3. The smallest absolute Gasteiger partial charge is 0.146 e. The van der Waals surface area contributed by atoms with Crippen LogP contribution in [-0.4, -0.2) is 42.7 Å². The zero-order chi connectivity index (χ0) is 16.1. The van der Waals surface area contributed by atoms with Gasteiger partial charge in [-0.25, -0.2) is 14.4 Å². The molecule has 0 amide bonds. The zero-order valence-corrected chi connectivity index (χ0v) is 13.4. The maximum Gasteiger partial charge on any atom is 0.146 e. The van der Waals surface area contributed by atoms with E-state index < -0.39 is 0 Å². The Kier molecular flexibility index (Phi) is 4.90. The zero-order valence-electron chi connectivity index (χ0n) is 13.4. The molecule has 2 heterocycles. The summed E-state index contributed by atoms with van der Waals surface area (Å²) >= 11 is 0. The molecule has 23 heavy (non-hydrogen) atoms. The summed E-state index contributed by atoms with van der Waals surface area (Å²) in [6, 6.07) is 8.93. The van der Waals surface area contributed by atoms with Crippen LogP contribution in [0.3, 0.4) is 0 Å². The second-order valence-electron chi connectivity index (χ2n) is 5.61. The summed E-state index contributed by atoms with van der Waals surface area (Å²) in [5, 5.41) is 3.28. The standard InChI is InChI=1S/C17H22FN5/c1-2-7-19-16-12-17(21-13-20-16)23-10-8-22(9-11-23)15-6-4-3-5-14(15)18/h3-6,12-13H,2,7-11H2,1H3,(H,19,20,21). The van der Waals surface area contributed by atoms with E-state index in [0.29, 0.717) is 5.69 Å². The molecule has 1 N–H and O–H groups in total. The molecule has 1 aliphatic rings. The van der Waals surface area contributed by atoms with Crippen LogP contribution in [0.5, 0.6) is 0 Å². The predicted octanol–water partition coefficient (Wildman–Crippen LogP) is 2.76. The summed E-state index contributed by atoms with van der Waals surface area (Å²) in [5.41, 5.74) is 0.681. The molecule has 1 aliphatic heterocycles. The van der Waals surface area contributed by atoms with E-state index in [1.807, 2.05) is 18.2 Å². The van der Waals surface area contributed by atoms with Crippen LogP contribution in [-0.2, 0) is 0 Å². The van der Waals surface area contributed by atoms with E-state index in [2.05, 4.69) is 32.0 Å². The van der Waals surface area contributed by atoms with Crippen molar-refractivity contribution in [1.29, 1.82) is 0 Å². The molecule has 0 aliphatic carbocycles. The Bertz CT molecular complexity index is 640. The summed E-state index contributed by atoms with van der Waals surface area (Å²) in [4.78, 5) is 12.9. The summed E-state index contributed by atoms with van der Waals surface area (Å²) in [6.45, 7) is 6.22. The summed E-state index contributed by atoms with van der Waals surface area (Å²) in [7, 11) is 0. The number of aromatic nitrogens is 2. The Balaban J connectivity index is 1.64. The SMILES string of the molecule is CCCNc1cc(N2CCN(c3ccccc3F)CC2)ncn1. The number of nitrogens with zero attached hydrogens (tertiary/aromatic N) is 4. The Morgan fingerprint density at radius 3 is 2.57 bits per heavy atom. The highest BCUT2D eigenvalue weighted by Gasteiger charge is 2.20.